The number of ether oxygens (including phenoxy) is 2. The highest BCUT2D eigenvalue weighted by atomic mass is 35.5. The van der Waals surface area contributed by atoms with Crippen molar-refractivity contribution >= 4 is 23.6 Å². The summed E-state index contributed by atoms with van der Waals surface area (Å²) in [7, 11) is 2.95. The third-order valence-corrected chi connectivity index (χ3v) is 3.56. The van der Waals surface area contributed by atoms with Crippen LogP contribution >= 0.6 is 11.6 Å². The molecule has 2 aromatic rings. The average molecular weight is 321 g/mol. The fraction of sp³-hybridized carbons (Fsp3) is 0.250. The molecule has 1 aromatic heterocycles. The Morgan fingerprint density at radius 2 is 2.18 bits per heavy atom. The molecule has 22 heavy (non-hydrogen) atoms. The first-order valence-electron chi connectivity index (χ1n) is 6.67. The van der Waals surface area contributed by atoms with Gasteiger partial charge in [0.05, 0.1) is 26.5 Å². The van der Waals surface area contributed by atoms with Crippen LogP contribution in [-0.4, -0.2) is 30.0 Å². The zero-order valence-electron chi connectivity index (χ0n) is 12.7. The summed E-state index contributed by atoms with van der Waals surface area (Å²) in [6.07, 6.45) is 2.93. The van der Waals surface area contributed by atoms with E-state index in [-0.39, 0.29) is 0 Å². The van der Waals surface area contributed by atoms with Crippen LogP contribution in [0.15, 0.2) is 30.3 Å². The fourth-order valence-electron chi connectivity index (χ4n) is 2.02. The second-order valence-corrected chi connectivity index (χ2v) is 5.01. The van der Waals surface area contributed by atoms with Crippen molar-refractivity contribution in [3.8, 4) is 5.75 Å². The van der Waals surface area contributed by atoms with Crippen LogP contribution in [-0.2, 0) is 16.1 Å². The summed E-state index contributed by atoms with van der Waals surface area (Å²) in [5.41, 5.74) is 2.47. The summed E-state index contributed by atoms with van der Waals surface area (Å²) in [6, 6.07) is 7.69. The van der Waals surface area contributed by atoms with Gasteiger partial charge in [-0.3, -0.25) is 0 Å². The van der Waals surface area contributed by atoms with Crippen molar-refractivity contribution in [2.45, 2.75) is 13.5 Å². The van der Waals surface area contributed by atoms with Gasteiger partial charge in [-0.2, -0.15) is 5.10 Å². The lowest BCUT2D eigenvalue weighted by Crippen LogP contribution is -2.02. The number of benzene rings is 1. The van der Waals surface area contributed by atoms with E-state index < -0.39 is 5.97 Å². The number of aromatic nitrogens is 2. The second kappa shape index (κ2) is 7.13. The summed E-state index contributed by atoms with van der Waals surface area (Å²) >= 11 is 6.35. The van der Waals surface area contributed by atoms with Crippen LogP contribution in [0.1, 0.15) is 16.8 Å². The minimum absolute atomic E-state index is 0.434. The largest absolute Gasteiger partial charge is 0.497 e. The Labute approximate surface area is 134 Å². The molecule has 0 unspecified atom stereocenters. The molecule has 0 saturated heterocycles. The van der Waals surface area contributed by atoms with Gasteiger partial charge in [-0.15, -0.1) is 0 Å². The molecule has 1 heterocycles. The number of carbonyl (C=O) groups excluding carboxylic acids is 1. The molecular weight excluding hydrogens is 304 g/mol. The van der Waals surface area contributed by atoms with E-state index >= 15 is 0 Å². The number of hydrogen-bond donors (Lipinski definition) is 0. The van der Waals surface area contributed by atoms with Gasteiger partial charge < -0.3 is 9.47 Å². The van der Waals surface area contributed by atoms with Crippen molar-refractivity contribution in [1.82, 2.24) is 9.78 Å². The molecule has 0 N–H and O–H groups in total. The first-order valence-corrected chi connectivity index (χ1v) is 7.04. The van der Waals surface area contributed by atoms with E-state index in [4.69, 9.17) is 16.3 Å². The molecule has 0 fully saturated rings. The molecule has 1 aromatic carbocycles. The van der Waals surface area contributed by atoms with E-state index in [1.165, 1.54) is 13.2 Å². The number of halogens is 1. The molecule has 0 aliphatic rings. The zero-order valence-corrected chi connectivity index (χ0v) is 13.4. The maximum atomic E-state index is 11.2. The van der Waals surface area contributed by atoms with Crippen molar-refractivity contribution in [3.63, 3.8) is 0 Å². The van der Waals surface area contributed by atoms with E-state index in [1.54, 1.807) is 17.9 Å². The van der Waals surface area contributed by atoms with Crippen molar-refractivity contribution in [2.75, 3.05) is 14.2 Å². The quantitative estimate of drug-likeness (QED) is 0.627. The zero-order chi connectivity index (χ0) is 16.1. The Morgan fingerprint density at radius 3 is 2.86 bits per heavy atom. The summed E-state index contributed by atoms with van der Waals surface area (Å²) in [4.78, 5) is 11.2. The Kier molecular flexibility index (Phi) is 5.22. The Hall–Kier alpha value is -2.27. The Morgan fingerprint density at radius 1 is 1.41 bits per heavy atom. The van der Waals surface area contributed by atoms with E-state index in [1.807, 2.05) is 31.2 Å². The molecule has 0 radical (unpaired) electrons. The number of aryl methyl sites for hydroxylation is 1. The van der Waals surface area contributed by atoms with Crippen molar-refractivity contribution in [3.05, 3.63) is 52.3 Å². The third kappa shape index (κ3) is 3.68. The first kappa shape index (κ1) is 16.1. The van der Waals surface area contributed by atoms with E-state index in [0.717, 1.165) is 17.0 Å². The van der Waals surface area contributed by atoms with Gasteiger partial charge >= 0.3 is 5.97 Å². The molecule has 2 rings (SSSR count). The normalized spacial score (nSPS) is 10.9. The SMILES string of the molecule is COC(=O)/C=C/c1c(C)nn(Cc2cccc(OC)c2)c1Cl. The minimum atomic E-state index is -0.434. The smallest absolute Gasteiger partial charge is 0.330 e. The summed E-state index contributed by atoms with van der Waals surface area (Å²) in [5.74, 6) is 0.347. The lowest BCUT2D eigenvalue weighted by Gasteiger charge is -2.06. The predicted octanol–water partition coefficient (Wildman–Crippen LogP) is 3.09. The van der Waals surface area contributed by atoms with Crippen LogP contribution in [0, 0.1) is 6.92 Å². The van der Waals surface area contributed by atoms with Crippen LogP contribution in [0.25, 0.3) is 6.08 Å². The molecule has 6 heteroatoms. The molecular formula is C16H17ClN2O3. The Balaban J connectivity index is 2.25. The van der Waals surface area contributed by atoms with Crippen molar-refractivity contribution < 1.29 is 14.3 Å². The van der Waals surface area contributed by atoms with Gasteiger partial charge in [0.15, 0.2) is 0 Å². The highest BCUT2D eigenvalue weighted by Gasteiger charge is 2.12. The van der Waals surface area contributed by atoms with Gasteiger partial charge in [-0.1, -0.05) is 23.7 Å². The number of esters is 1. The third-order valence-electron chi connectivity index (χ3n) is 3.16. The average Bonchev–Trinajstić information content (AvgIpc) is 2.79. The molecule has 116 valence electrons. The highest BCUT2D eigenvalue weighted by molar-refractivity contribution is 6.31. The summed E-state index contributed by atoms with van der Waals surface area (Å²) in [6.45, 7) is 2.36. The molecule has 0 aliphatic heterocycles. The number of rotatable bonds is 5. The van der Waals surface area contributed by atoms with Gasteiger partial charge in [0.1, 0.15) is 10.9 Å². The minimum Gasteiger partial charge on any atom is -0.497 e. The highest BCUT2D eigenvalue weighted by Crippen LogP contribution is 2.23. The maximum Gasteiger partial charge on any atom is 0.330 e. The van der Waals surface area contributed by atoms with Gasteiger partial charge in [0, 0.05) is 11.6 Å². The second-order valence-electron chi connectivity index (χ2n) is 4.66. The van der Waals surface area contributed by atoms with E-state index in [2.05, 4.69) is 9.84 Å². The molecule has 0 spiro atoms. The van der Waals surface area contributed by atoms with Crippen LogP contribution in [0.5, 0.6) is 5.75 Å². The molecule has 0 bridgehead atoms. The number of carbonyl (C=O) groups is 1. The van der Waals surface area contributed by atoms with Gasteiger partial charge in [0.2, 0.25) is 0 Å². The first-order chi connectivity index (χ1) is 10.5. The lowest BCUT2D eigenvalue weighted by molar-refractivity contribution is -0.134. The fourth-order valence-corrected chi connectivity index (χ4v) is 2.32. The van der Waals surface area contributed by atoms with E-state index in [0.29, 0.717) is 17.3 Å². The van der Waals surface area contributed by atoms with Gasteiger partial charge in [-0.25, -0.2) is 9.48 Å². The van der Waals surface area contributed by atoms with E-state index in [9.17, 15) is 4.79 Å². The number of nitrogens with zero attached hydrogens (tertiary/aromatic N) is 2. The molecule has 0 aliphatic carbocycles. The lowest BCUT2D eigenvalue weighted by atomic mass is 10.2. The summed E-state index contributed by atoms with van der Waals surface area (Å²) < 4.78 is 11.5. The van der Waals surface area contributed by atoms with Crippen LogP contribution in [0.2, 0.25) is 5.15 Å². The van der Waals surface area contributed by atoms with Crippen molar-refractivity contribution in [1.29, 1.82) is 0 Å². The van der Waals surface area contributed by atoms with Gasteiger partial charge in [0.25, 0.3) is 0 Å². The summed E-state index contributed by atoms with van der Waals surface area (Å²) in [5, 5.41) is 4.88. The predicted molar refractivity (Wildman–Crippen MR) is 85.1 cm³/mol. The van der Waals surface area contributed by atoms with Crippen LogP contribution < -0.4 is 4.74 Å². The topological polar surface area (TPSA) is 53.3 Å². The van der Waals surface area contributed by atoms with Crippen LogP contribution in [0.3, 0.4) is 0 Å². The van der Waals surface area contributed by atoms with Gasteiger partial charge in [-0.05, 0) is 30.7 Å². The van der Waals surface area contributed by atoms with Crippen molar-refractivity contribution in [2.24, 2.45) is 0 Å². The van der Waals surface area contributed by atoms with Crippen LogP contribution in [0.4, 0.5) is 0 Å². The maximum absolute atomic E-state index is 11.2. The monoisotopic (exact) mass is 320 g/mol. The number of hydrogen-bond acceptors (Lipinski definition) is 4. The molecule has 0 amide bonds. The standard InChI is InChI=1S/C16H17ClN2O3/c1-11-14(7-8-15(20)22-3)16(17)19(18-11)10-12-5-4-6-13(9-12)21-2/h4-9H,10H2,1-3H3/b8-7+. The Bertz CT molecular complexity index is 707. The molecule has 5 nitrogen and oxygen atoms in total. The number of methoxy groups -OCH3 is 2. The molecule has 0 atom stereocenters. The molecule has 0 saturated carbocycles.